The van der Waals surface area contributed by atoms with Crippen LogP contribution in [-0.4, -0.2) is 47.2 Å². The first-order valence-corrected chi connectivity index (χ1v) is 12.9. The Morgan fingerprint density at radius 3 is 2.59 bits per heavy atom. The molecular weight excluding hydrogens is 454 g/mol. The number of anilines is 1. The van der Waals surface area contributed by atoms with E-state index < -0.39 is 15.9 Å². The highest BCUT2D eigenvalue weighted by atomic mass is 32.2. The zero-order valence-electron chi connectivity index (χ0n) is 19.2. The van der Waals surface area contributed by atoms with E-state index in [0.717, 1.165) is 30.6 Å². The van der Waals surface area contributed by atoms with Crippen molar-refractivity contribution in [2.45, 2.75) is 50.5 Å². The molecule has 1 fully saturated rings. The summed E-state index contributed by atoms with van der Waals surface area (Å²) in [7, 11) is -3.53. The van der Waals surface area contributed by atoms with Crippen LogP contribution in [0.15, 0.2) is 47.4 Å². The minimum atomic E-state index is -3.53. The monoisotopic (exact) mass is 483 g/mol. The molecule has 3 aromatic rings. The predicted molar refractivity (Wildman–Crippen MR) is 130 cm³/mol. The molecule has 0 radical (unpaired) electrons. The van der Waals surface area contributed by atoms with Gasteiger partial charge in [0.05, 0.1) is 15.9 Å². The summed E-state index contributed by atoms with van der Waals surface area (Å²) in [4.78, 5) is 28.8. The van der Waals surface area contributed by atoms with Crippen LogP contribution in [0.25, 0.3) is 11.0 Å². The maximum absolute atomic E-state index is 13.0. The van der Waals surface area contributed by atoms with E-state index in [1.807, 2.05) is 4.57 Å². The summed E-state index contributed by atoms with van der Waals surface area (Å²) >= 11 is 0. The molecule has 34 heavy (non-hydrogen) atoms. The largest absolute Gasteiger partial charge is 0.366 e. The maximum Gasteiger partial charge on any atom is 0.248 e. The minimum Gasteiger partial charge on any atom is -0.366 e. The van der Waals surface area contributed by atoms with Crippen molar-refractivity contribution in [2.24, 2.45) is 5.73 Å². The van der Waals surface area contributed by atoms with Crippen LogP contribution in [0, 0.1) is 0 Å². The van der Waals surface area contributed by atoms with Gasteiger partial charge >= 0.3 is 0 Å². The molecule has 4 rings (SSSR count). The Labute approximate surface area is 199 Å². The molecule has 1 aliphatic rings. The SMILES string of the molecule is CCCn1c(CCC(=O)Nc2cccc(C(N)=O)c2)nc2cc(S(=O)(=O)N3CCCC3)ccc21. The maximum atomic E-state index is 13.0. The quantitative estimate of drug-likeness (QED) is 0.484. The van der Waals surface area contributed by atoms with Crippen molar-refractivity contribution in [3.63, 3.8) is 0 Å². The van der Waals surface area contributed by atoms with Gasteiger partial charge in [-0.3, -0.25) is 9.59 Å². The molecule has 0 atom stereocenters. The Morgan fingerprint density at radius 1 is 1.12 bits per heavy atom. The van der Waals surface area contributed by atoms with E-state index in [1.165, 1.54) is 10.4 Å². The molecule has 180 valence electrons. The van der Waals surface area contributed by atoms with Crippen LogP contribution in [-0.2, 0) is 27.8 Å². The number of carbonyl (C=O) groups is 2. The third-order valence-electron chi connectivity index (χ3n) is 5.96. The standard InChI is InChI=1S/C24H29N5O4S/c1-2-12-29-21-9-8-19(34(32,33)28-13-3-4-14-28)16-20(21)27-22(29)10-11-23(30)26-18-7-5-6-17(15-18)24(25)31/h5-9,15-16H,2-4,10-14H2,1H3,(H2,25,31)(H,26,30). The Balaban J connectivity index is 1.53. The Bertz CT molecular complexity index is 1330. The molecule has 0 saturated carbocycles. The van der Waals surface area contributed by atoms with E-state index in [1.54, 1.807) is 36.4 Å². The molecular formula is C24H29N5O4S. The molecule has 0 aliphatic carbocycles. The van der Waals surface area contributed by atoms with Gasteiger partial charge in [-0.1, -0.05) is 13.0 Å². The highest BCUT2D eigenvalue weighted by Crippen LogP contribution is 2.26. The molecule has 10 heteroatoms. The van der Waals surface area contributed by atoms with E-state index in [4.69, 9.17) is 5.73 Å². The van der Waals surface area contributed by atoms with E-state index in [0.29, 0.717) is 42.8 Å². The van der Waals surface area contributed by atoms with Gasteiger partial charge < -0.3 is 15.6 Å². The minimum absolute atomic E-state index is 0.187. The number of benzene rings is 2. The number of amides is 2. The highest BCUT2D eigenvalue weighted by Gasteiger charge is 2.28. The van der Waals surface area contributed by atoms with Gasteiger partial charge in [0.15, 0.2) is 0 Å². The molecule has 0 spiro atoms. The van der Waals surface area contributed by atoms with Gasteiger partial charge in [-0.05, 0) is 55.7 Å². The first kappa shape index (κ1) is 23.9. The lowest BCUT2D eigenvalue weighted by atomic mass is 10.2. The van der Waals surface area contributed by atoms with Gasteiger partial charge in [-0.15, -0.1) is 0 Å². The van der Waals surface area contributed by atoms with Crippen molar-refractivity contribution >= 4 is 38.6 Å². The lowest BCUT2D eigenvalue weighted by Crippen LogP contribution is -2.27. The predicted octanol–water partition coefficient (Wildman–Crippen LogP) is 2.90. The third kappa shape index (κ3) is 4.97. The smallest absolute Gasteiger partial charge is 0.248 e. The summed E-state index contributed by atoms with van der Waals surface area (Å²) in [5.41, 5.74) is 7.58. The zero-order valence-corrected chi connectivity index (χ0v) is 20.0. The summed E-state index contributed by atoms with van der Waals surface area (Å²) in [6, 6.07) is 11.6. The summed E-state index contributed by atoms with van der Waals surface area (Å²) in [5, 5.41) is 2.78. The lowest BCUT2D eigenvalue weighted by molar-refractivity contribution is -0.116. The molecule has 0 bridgehead atoms. The second kappa shape index (κ2) is 9.94. The lowest BCUT2D eigenvalue weighted by Gasteiger charge is -2.15. The van der Waals surface area contributed by atoms with E-state index >= 15 is 0 Å². The first-order chi connectivity index (χ1) is 16.3. The average Bonchev–Trinajstić information content (AvgIpc) is 3.47. The number of aryl methyl sites for hydroxylation is 2. The third-order valence-corrected chi connectivity index (χ3v) is 7.85. The number of aromatic nitrogens is 2. The molecule has 0 unspecified atom stereocenters. The molecule has 1 saturated heterocycles. The van der Waals surface area contributed by atoms with Crippen LogP contribution in [0.4, 0.5) is 5.69 Å². The van der Waals surface area contributed by atoms with Crippen molar-refractivity contribution in [3.8, 4) is 0 Å². The number of rotatable bonds is 9. The Morgan fingerprint density at radius 2 is 1.88 bits per heavy atom. The van der Waals surface area contributed by atoms with Crippen molar-refractivity contribution < 1.29 is 18.0 Å². The van der Waals surface area contributed by atoms with Crippen LogP contribution in [0.2, 0.25) is 0 Å². The van der Waals surface area contributed by atoms with Crippen LogP contribution < -0.4 is 11.1 Å². The molecule has 9 nitrogen and oxygen atoms in total. The number of hydrogen-bond acceptors (Lipinski definition) is 5. The zero-order chi connectivity index (χ0) is 24.3. The molecule has 2 aromatic carbocycles. The van der Waals surface area contributed by atoms with Crippen molar-refractivity contribution in [3.05, 3.63) is 53.9 Å². The van der Waals surface area contributed by atoms with Crippen LogP contribution >= 0.6 is 0 Å². The second-order valence-corrected chi connectivity index (χ2v) is 10.4. The van der Waals surface area contributed by atoms with Crippen molar-refractivity contribution in [2.75, 3.05) is 18.4 Å². The number of carbonyl (C=O) groups excluding carboxylic acids is 2. The van der Waals surface area contributed by atoms with E-state index in [9.17, 15) is 18.0 Å². The first-order valence-electron chi connectivity index (χ1n) is 11.5. The number of hydrogen-bond donors (Lipinski definition) is 2. The Kier molecular flexibility index (Phi) is 6.99. The molecule has 1 aliphatic heterocycles. The molecule has 3 N–H and O–H groups in total. The highest BCUT2D eigenvalue weighted by molar-refractivity contribution is 7.89. The molecule has 1 aromatic heterocycles. The number of nitrogens with zero attached hydrogens (tertiary/aromatic N) is 3. The van der Waals surface area contributed by atoms with Crippen LogP contribution in [0.5, 0.6) is 0 Å². The van der Waals surface area contributed by atoms with Gasteiger partial charge in [0.2, 0.25) is 21.8 Å². The van der Waals surface area contributed by atoms with Gasteiger partial charge in [0.25, 0.3) is 0 Å². The number of nitrogens with one attached hydrogen (secondary N) is 1. The van der Waals surface area contributed by atoms with Crippen LogP contribution in [0.1, 0.15) is 48.8 Å². The number of fused-ring (bicyclic) bond motifs is 1. The van der Waals surface area contributed by atoms with Crippen molar-refractivity contribution in [1.82, 2.24) is 13.9 Å². The molecule has 2 heterocycles. The van der Waals surface area contributed by atoms with E-state index in [2.05, 4.69) is 17.2 Å². The van der Waals surface area contributed by atoms with Gasteiger partial charge in [-0.25, -0.2) is 13.4 Å². The van der Waals surface area contributed by atoms with Crippen molar-refractivity contribution in [1.29, 1.82) is 0 Å². The fraction of sp³-hybridized carbons (Fsp3) is 0.375. The second-order valence-electron chi connectivity index (χ2n) is 8.43. The fourth-order valence-electron chi connectivity index (χ4n) is 4.26. The topological polar surface area (TPSA) is 127 Å². The van der Waals surface area contributed by atoms with Gasteiger partial charge in [0, 0.05) is 43.7 Å². The normalized spacial score (nSPS) is 14.5. The van der Waals surface area contributed by atoms with Gasteiger partial charge in [-0.2, -0.15) is 4.31 Å². The number of sulfonamides is 1. The summed E-state index contributed by atoms with van der Waals surface area (Å²) < 4.78 is 29.5. The summed E-state index contributed by atoms with van der Waals surface area (Å²) in [5.74, 6) is -0.0434. The average molecular weight is 484 g/mol. The summed E-state index contributed by atoms with van der Waals surface area (Å²) in [6.07, 6.45) is 3.21. The van der Waals surface area contributed by atoms with E-state index in [-0.39, 0.29) is 17.2 Å². The van der Waals surface area contributed by atoms with Crippen LogP contribution in [0.3, 0.4) is 0 Å². The van der Waals surface area contributed by atoms with Gasteiger partial charge in [0.1, 0.15) is 5.82 Å². The fourth-order valence-corrected chi connectivity index (χ4v) is 5.80. The number of nitrogens with two attached hydrogens (primary N) is 1. The summed E-state index contributed by atoms with van der Waals surface area (Å²) in [6.45, 7) is 3.87. The Hall–Kier alpha value is -3.24. The molecule has 2 amide bonds. The number of primary amides is 1. The number of imidazole rings is 1.